The Labute approximate surface area is 150 Å². The molecule has 0 spiro atoms. The molecule has 0 saturated heterocycles. The zero-order valence-electron chi connectivity index (χ0n) is 14.5. The van der Waals surface area contributed by atoms with Gasteiger partial charge in [-0.2, -0.15) is 10.2 Å². The summed E-state index contributed by atoms with van der Waals surface area (Å²) in [7, 11) is 3.34. The lowest BCUT2D eigenvalue weighted by atomic mass is 10.2. The predicted molar refractivity (Wildman–Crippen MR) is 99.7 cm³/mol. The Hall–Kier alpha value is -1.10. The second-order valence-corrected chi connectivity index (χ2v) is 8.80. The van der Waals surface area contributed by atoms with Gasteiger partial charge in [0.15, 0.2) is 11.6 Å². The predicted octanol–water partition coefficient (Wildman–Crippen LogP) is 2.25. The minimum atomic E-state index is -0.170. The maximum Gasteiger partial charge on any atom is 0.153 e. The van der Waals surface area contributed by atoms with Crippen molar-refractivity contribution in [3.63, 3.8) is 0 Å². The van der Waals surface area contributed by atoms with Crippen LogP contribution in [0.1, 0.15) is 74.9 Å². The van der Waals surface area contributed by atoms with Gasteiger partial charge in [0.2, 0.25) is 0 Å². The molecule has 2 rings (SSSR count). The molecule has 0 radical (unpaired) electrons. The molecule has 0 fully saturated rings. The van der Waals surface area contributed by atoms with Gasteiger partial charge in [-0.05, 0) is 0 Å². The van der Waals surface area contributed by atoms with Crippen LogP contribution in [0.2, 0.25) is 0 Å². The average molecular weight is 371 g/mol. The topological polar surface area (TPSA) is 135 Å². The molecule has 2 heterocycles. The summed E-state index contributed by atoms with van der Waals surface area (Å²) < 4.78 is 0. The molecule has 0 aliphatic carbocycles. The molecule has 24 heavy (non-hydrogen) atoms. The van der Waals surface area contributed by atoms with Crippen LogP contribution in [0.15, 0.2) is 0 Å². The smallest absolute Gasteiger partial charge is 0.153 e. The molecule has 0 aromatic carbocycles. The van der Waals surface area contributed by atoms with Crippen LogP contribution in [-0.4, -0.2) is 41.9 Å². The number of rotatable bonds is 9. The Morgan fingerprint density at radius 1 is 0.792 bits per heavy atom. The number of nitrogens with one attached hydrogen (secondary N) is 2. The molecule has 10 heteroatoms. The van der Waals surface area contributed by atoms with Crippen molar-refractivity contribution in [1.29, 1.82) is 0 Å². The summed E-state index contributed by atoms with van der Waals surface area (Å²) >= 11 is 0. The first-order valence-electron chi connectivity index (χ1n) is 7.98. The number of H-pyrrole nitrogens is 2. The van der Waals surface area contributed by atoms with Crippen LogP contribution in [0.25, 0.3) is 0 Å². The Morgan fingerprint density at radius 3 is 1.46 bits per heavy atom. The minimum Gasteiger partial charge on any atom is -0.321 e. The van der Waals surface area contributed by atoms with Crippen molar-refractivity contribution in [3.05, 3.63) is 23.3 Å². The Balaban J connectivity index is 1.73. The van der Waals surface area contributed by atoms with E-state index in [0.29, 0.717) is 11.8 Å². The Morgan fingerprint density at radius 2 is 1.17 bits per heavy atom. The van der Waals surface area contributed by atoms with E-state index in [0.717, 1.165) is 34.8 Å². The fourth-order valence-corrected chi connectivity index (χ4v) is 4.08. The first kappa shape index (κ1) is 19.2. The van der Waals surface area contributed by atoms with E-state index < -0.39 is 0 Å². The summed E-state index contributed by atoms with van der Waals surface area (Å²) in [6.45, 7) is 8.22. The SMILES string of the molecule is CC(C)c1n[nH]c([C@@H](N)CSSC[C@H](N)c2nc(C(C)C)n[nH]2)n1. The van der Waals surface area contributed by atoms with Crippen LogP contribution < -0.4 is 11.5 Å². The van der Waals surface area contributed by atoms with Gasteiger partial charge < -0.3 is 11.5 Å². The second kappa shape index (κ2) is 8.84. The van der Waals surface area contributed by atoms with Crippen molar-refractivity contribution in [1.82, 2.24) is 30.4 Å². The molecule has 0 saturated carbocycles. The van der Waals surface area contributed by atoms with Crippen LogP contribution in [-0.2, 0) is 0 Å². The van der Waals surface area contributed by atoms with Gasteiger partial charge >= 0.3 is 0 Å². The molecule has 134 valence electrons. The van der Waals surface area contributed by atoms with Gasteiger partial charge in [0.05, 0.1) is 12.1 Å². The lowest BCUT2D eigenvalue weighted by molar-refractivity contribution is 0.750. The zero-order chi connectivity index (χ0) is 17.7. The van der Waals surface area contributed by atoms with Crippen molar-refractivity contribution in [2.75, 3.05) is 11.5 Å². The fraction of sp³-hybridized carbons (Fsp3) is 0.714. The van der Waals surface area contributed by atoms with E-state index in [2.05, 4.69) is 58.1 Å². The Kier molecular flexibility index (Phi) is 7.08. The largest absolute Gasteiger partial charge is 0.321 e. The maximum absolute atomic E-state index is 6.15. The third-order valence-corrected chi connectivity index (χ3v) is 5.83. The summed E-state index contributed by atoms with van der Waals surface area (Å²) in [5.41, 5.74) is 12.3. The molecule has 0 aliphatic rings. The first-order valence-corrected chi connectivity index (χ1v) is 10.5. The fourth-order valence-electron chi connectivity index (χ4n) is 1.82. The van der Waals surface area contributed by atoms with Crippen LogP contribution in [0.4, 0.5) is 0 Å². The van der Waals surface area contributed by atoms with E-state index in [4.69, 9.17) is 11.5 Å². The highest BCUT2D eigenvalue weighted by atomic mass is 33.1. The molecule has 2 aromatic rings. The van der Waals surface area contributed by atoms with Gasteiger partial charge in [-0.15, -0.1) is 0 Å². The summed E-state index contributed by atoms with van der Waals surface area (Å²) in [6, 6.07) is -0.340. The monoisotopic (exact) mass is 370 g/mol. The van der Waals surface area contributed by atoms with Crippen molar-refractivity contribution in [2.45, 2.75) is 51.6 Å². The summed E-state index contributed by atoms with van der Waals surface area (Å²) in [5, 5.41) is 14.2. The minimum absolute atomic E-state index is 0.170. The number of hydrogen-bond donors (Lipinski definition) is 4. The van der Waals surface area contributed by atoms with Gasteiger partial charge in [0.25, 0.3) is 0 Å². The molecule has 0 unspecified atom stereocenters. The second-order valence-electron chi connectivity index (χ2n) is 6.25. The zero-order valence-corrected chi connectivity index (χ0v) is 16.1. The highest BCUT2D eigenvalue weighted by Crippen LogP contribution is 2.28. The van der Waals surface area contributed by atoms with Crippen molar-refractivity contribution < 1.29 is 0 Å². The molecule has 8 nitrogen and oxygen atoms in total. The van der Waals surface area contributed by atoms with E-state index in [1.807, 2.05) is 0 Å². The van der Waals surface area contributed by atoms with Crippen molar-refractivity contribution in [2.24, 2.45) is 11.5 Å². The van der Waals surface area contributed by atoms with Crippen LogP contribution in [0, 0.1) is 0 Å². The highest BCUT2D eigenvalue weighted by Gasteiger charge is 2.16. The van der Waals surface area contributed by atoms with Gasteiger partial charge in [0.1, 0.15) is 11.6 Å². The number of hydrogen-bond acceptors (Lipinski definition) is 8. The van der Waals surface area contributed by atoms with Crippen molar-refractivity contribution >= 4 is 21.6 Å². The summed E-state index contributed by atoms with van der Waals surface area (Å²) in [5.74, 6) is 5.11. The Bertz CT molecular complexity index is 570. The van der Waals surface area contributed by atoms with E-state index >= 15 is 0 Å². The van der Waals surface area contributed by atoms with E-state index in [1.165, 1.54) is 0 Å². The number of nitrogens with zero attached hydrogens (tertiary/aromatic N) is 4. The number of aromatic amines is 2. The van der Waals surface area contributed by atoms with Gasteiger partial charge in [-0.1, -0.05) is 49.3 Å². The molecular formula is C14H26N8S2. The van der Waals surface area contributed by atoms with Gasteiger partial charge in [0, 0.05) is 23.3 Å². The van der Waals surface area contributed by atoms with E-state index in [-0.39, 0.29) is 12.1 Å². The average Bonchev–Trinajstić information content (AvgIpc) is 3.19. The third-order valence-electron chi connectivity index (χ3n) is 3.35. The van der Waals surface area contributed by atoms with Crippen LogP contribution in [0.3, 0.4) is 0 Å². The van der Waals surface area contributed by atoms with Gasteiger partial charge in [-0.3, -0.25) is 10.2 Å². The summed E-state index contributed by atoms with van der Waals surface area (Å²) in [6.07, 6.45) is 0. The van der Waals surface area contributed by atoms with E-state index in [1.54, 1.807) is 21.6 Å². The van der Waals surface area contributed by atoms with Crippen LogP contribution in [0.5, 0.6) is 0 Å². The molecule has 2 atom stereocenters. The van der Waals surface area contributed by atoms with Crippen molar-refractivity contribution in [3.8, 4) is 0 Å². The lowest BCUT2D eigenvalue weighted by Gasteiger charge is -2.09. The summed E-state index contributed by atoms with van der Waals surface area (Å²) in [4.78, 5) is 8.86. The normalized spacial score (nSPS) is 14.5. The molecular weight excluding hydrogens is 344 g/mol. The standard InChI is InChI=1S/C14H26N8S2/c1-7(2)11-17-13(21-19-11)9(15)5-23-24-6-10(16)14-18-12(8(3)4)20-22-14/h7-10H,5-6,15-16H2,1-4H3,(H,17,19,21)(H,18,20,22)/t9-,10-/m0/s1. The molecule has 0 bridgehead atoms. The number of aromatic nitrogens is 6. The molecule has 2 aromatic heterocycles. The number of nitrogens with two attached hydrogens (primary N) is 2. The van der Waals surface area contributed by atoms with Gasteiger partial charge in [-0.25, -0.2) is 9.97 Å². The van der Waals surface area contributed by atoms with E-state index in [9.17, 15) is 0 Å². The maximum atomic E-state index is 6.15. The third kappa shape index (κ3) is 5.20. The van der Waals surface area contributed by atoms with Crippen LogP contribution >= 0.6 is 21.6 Å². The first-order chi connectivity index (χ1) is 11.4. The highest BCUT2D eigenvalue weighted by molar-refractivity contribution is 8.76. The lowest BCUT2D eigenvalue weighted by Crippen LogP contribution is -2.16. The quantitative estimate of drug-likeness (QED) is 0.390. The molecule has 6 N–H and O–H groups in total. The molecule has 0 amide bonds. The molecule has 0 aliphatic heterocycles.